The van der Waals surface area contributed by atoms with Crippen LogP contribution in [0.1, 0.15) is 27.6 Å². The number of morpholine rings is 1. The van der Waals surface area contributed by atoms with E-state index in [1.807, 2.05) is 42.5 Å². The molecule has 0 radical (unpaired) electrons. The van der Waals surface area contributed by atoms with Crippen molar-refractivity contribution in [2.75, 3.05) is 32.8 Å². The van der Waals surface area contributed by atoms with Gasteiger partial charge in [-0.05, 0) is 41.5 Å². The predicted molar refractivity (Wildman–Crippen MR) is 130 cm³/mol. The molecule has 182 valence electrons. The second-order valence-corrected chi connectivity index (χ2v) is 8.13. The number of amides is 2. The van der Waals surface area contributed by atoms with Crippen LogP contribution in [0.25, 0.3) is 0 Å². The Hall–Kier alpha value is -3.88. The molecule has 1 aliphatic rings. The van der Waals surface area contributed by atoms with Crippen molar-refractivity contribution in [1.29, 1.82) is 0 Å². The Labute approximate surface area is 204 Å². The van der Waals surface area contributed by atoms with Crippen molar-refractivity contribution in [1.82, 2.24) is 4.90 Å². The average Bonchev–Trinajstić information content (AvgIpc) is 2.90. The van der Waals surface area contributed by atoms with E-state index in [0.717, 1.165) is 11.1 Å². The zero-order valence-electron chi connectivity index (χ0n) is 19.6. The molecule has 0 aliphatic carbocycles. The lowest BCUT2D eigenvalue weighted by Gasteiger charge is -2.40. The molecule has 0 aromatic heterocycles. The number of aliphatic hydroxyl groups is 1. The Morgan fingerprint density at radius 3 is 2.40 bits per heavy atom. The summed E-state index contributed by atoms with van der Waals surface area (Å²) in [6, 6.07) is 21.3. The monoisotopic (exact) mass is 476 g/mol. The van der Waals surface area contributed by atoms with Crippen LogP contribution in [0, 0.1) is 0 Å². The number of hydrogen-bond donors (Lipinski definition) is 2. The van der Waals surface area contributed by atoms with Crippen LogP contribution in [0.2, 0.25) is 0 Å². The zero-order valence-corrected chi connectivity index (χ0v) is 19.6. The minimum Gasteiger partial charge on any atom is -0.493 e. The largest absolute Gasteiger partial charge is 0.493 e. The van der Waals surface area contributed by atoms with Gasteiger partial charge in [-0.25, -0.2) is 0 Å². The summed E-state index contributed by atoms with van der Waals surface area (Å²) in [5.41, 5.74) is 2.81. The fourth-order valence-electron chi connectivity index (χ4n) is 4.14. The van der Waals surface area contributed by atoms with Crippen molar-refractivity contribution in [3.8, 4) is 11.5 Å². The molecule has 4 rings (SSSR count). The molecule has 35 heavy (non-hydrogen) atoms. The molecule has 1 fully saturated rings. The van der Waals surface area contributed by atoms with Crippen molar-refractivity contribution in [3.63, 3.8) is 0 Å². The summed E-state index contributed by atoms with van der Waals surface area (Å²) in [7, 11) is 3.05. The molecule has 8 heteroatoms. The minimum atomic E-state index is -0.524. The third-order valence-electron chi connectivity index (χ3n) is 5.98. The molecule has 3 aromatic carbocycles. The quantitative estimate of drug-likeness (QED) is 0.517. The average molecular weight is 477 g/mol. The van der Waals surface area contributed by atoms with Gasteiger partial charge in [-0.15, -0.1) is 0 Å². The molecule has 0 bridgehead atoms. The summed E-state index contributed by atoms with van der Waals surface area (Å²) in [6.45, 7) is 0.0943. The van der Waals surface area contributed by atoms with Crippen LogP contribution in [0.5, 0.6) is 11.5 Å². The number of nitrogens with zero attached hydrogens (tertiary/aromatic N) is 1. The first-order chi connectivity index (χ1) is 17.0. The van der Waals surface area contributed by atoms with Crippen LogP contribution in [-0.4, -0.2) is 55.3 Å². The molecule has 0 saturated carbocycles. The van der Waals surface area contributed by atoms with E-state index < -0.39 is 12.1 Å². The van der Waals surface area contributed by atoms with Crippen molar-refractivity contribution >= 4 is 17.5 Å². The molecule has 1 heterocycles. The van der Waals surface area contributed by atoms with Gasteiger partial charge in [0.1, 0.15) is 12.7 Å². The highest BCUT2D eigenvalue weighted by atomic mass is 16.5. The third kappa shape index (κ3) is 5.45. The van der Waals surface area contributed by atoms with Crippen molar-refractivity contribution in [3.05, 3.63) is 89.5 Å². The van der Waals surface area contributed by atoms with Crippen LogP contribution < -0.4 is 14.8 Å². The van der Waals surface area contributed by atoms with Gasteiger partial charge in [0.25, 0.3) is 5.91 Å². The zero-order chi connectivity index (χ0) is 24.8. The normalized spacial score (nSPS) is 17.7. The number of aliphatic hydroxyl groups excluding tert-OH is 1. The number of methoxy groups -OCH3 is 2. The maximum Gasteiger partial charge on any atom is 0.255 e. The van der Waals surface area contributed by atoms with Gasteiger partial charge >= 0.3 is 0 Å². The first-order valence-corrected chi connectivity index (χ1v) is 11.2. The van der Waals surface area contributed by atoms with E-state index in [4.69, 9.17) is 14.2 Å². The first kappa shape index (κ1) is 24.3. The van der Waals surface area contributed by atoms with Gasteiger partial charge in [0.05, 0.1) is 26.9 Å². The summed E-state index contributed by atoms with van der Waals surface area (Å²) in [6.07, 6.45) is -0.489. The molecule has 1 saturated heterocycles. The molecule has 3 aromatic rings. The molecule has 2 unspecified atom stereocenters. The molecule has 2 N–H and O–H groups in total. The number of benzene rings is 3. The Kier molecular flexibility index (Phi) is 7.64. The maximum atomic E-state index is 12.7. The van der Waals surface area contributed by atoms with Gasteiger partial charge in [0.15, 0.2) is 11.5 Å². The lowest BCUT2D eigenvalue weighted by atomic mass is 9.98. The fourth-order valence-corrected chi connectivity index (χ4v) is 4.14. The van der Waals surface area contributed by atoms with Crippen LogP contribution in [0.3, 0.4) is 0 Å². The van der Waals surface area contributed by atoms with Gasteiger partial charge < -0.3 is 29.5 Å². The maximum absolute atomic E-state index is 12.7. The van der Waals surface area contributed by atoms with E-state index >= 15 is 0 Å². The second kappa shape index (κ2) is 11.0. The third-order valence-corrected chi connectivity index (χ3v) is 5.98. The highest BCUT2D eigenvalue weighted by Crippen LogP contribution is 2.31. The van der Waals surface area contributed by atoms with E-state index in [2.05, 4.69) is 5.32 Å². The molecular weight excluding hydrogens is 448 g/mol. The number of ether oxygens (including phenoxy) is 3. The molecular formula is C27H28N2O6. The second-order valence-electron chi connectivity index (χ2n) is 8.13. The predicted octanol–water partition coefficient (Wildman–Crippen LogP) is 3.42. The standard InChI is InChI=1S/C27H28N2O6/c1-33-23-13-10-20(14-24(23)34-2)27(32)28-21-11-8-19(9-12-21)26-22(16-30)29(25(31)17-35-26)15-18-6-4-3-5-7-18/h3-14,22,26,30H,15-17H2,1-2H3,(H,28,32). The van der Waals surface area contributed by atoms with Crippen molar-refractivity contribution in [2.24, 2.45) is 0 Å². The molecule has 8 nitrogen and oxygen atoms in total. The SMILES string of the molecule is COc1ccc(C(=O)Nc2ccc(C3OCC(=O)N(Cc4ccccc4)C3CO)cc2)cc1OC. The topological polar surface area (TPSA) is 97.3 Å². The smallest absolute Gasteiger partial charge is 0.255 e. The molecule has 2 amide bonds. The Morgan fingerprint density at radius 2 is 1.74 bits per heavy atom. The number of nitrogens with one attached hydrogen (secondary N) is 1. The number of rotatable bonds is 8. The minimum absolute atomic E-state index is 0.0637. The summed E-state index contributed by atoms with van der Waals surface area (Å²) < 4.78 is 16.3. The van der Waals surface area contributed by atoms with Gasteiger partial charge in [0, 0.05) is 17.8 Å². The van der Waals surface area contributed by atoms with E-state index in [-0.39, 0.29) is 25.0 Å². The Bertz CT molecular complexity index is 1170. The Balaban J connectivity index is 1.47. The first-order valence-electron chi connectivity index (χ1n) is 11.2. The van der Waals surface area contributed by atoms with Gasteiger partial charge in [-0.1, -0.05) is 42.5 Å². The van der Waals surface area contributed by atoms with E-state index in [1.54, 1.807) is 35.2 Å². The summed E-state index contributed by atoms with van der Waals surface area (Å²) in [4.78, 5) is 26.9. The van der Waals surface area contributed by atoms with Gasteiger partial charge in [-0.3, -0.25) is 9.59 Å². The van der Waals surface area contributed by atoms with E-state index in [0.29, 0.717) is 29.3 Å². The summed E-state index contributed by atoms with van der Waals surface area (Å²) in [5, 5.41) is 13.0. The molecule has 1 aliphatic heterocycles. The molecule has 2 atom stereocenters. The Morgan fingerprint density at radius 1 is 1.03 bits per heavy atom. The number of anilines is 1. The van der Waals surface area contributed by atoms with Crippen LogP contribution in [0.15, 0.2) is 72.8 Å². The number of hydrogen-bond acceptors (Lipinski definition) is 6. The van der Waals surface area contributed by atoms with Crippen LogP contribution in [0.4, 0.5) is 5.69 Å². The summed E-state index contributed by atoms with van der Waals surface area (Å²) >= 11 is 0. The van der Waals surface area contributed by atoms with E-state index in [9.17, 15) is 14.7 Å². The van der Waals surface area contributed by atoms with Gasteiger partial charge in [0.2, 0.25) is 5.91 Å². The van der Waals surface area contributed by atoms with Gasteiger partial charge in [-0.2, -0.15) is 0 Å². The summed E-state index contributed by atoms with van der Waals surface area (Å²) in [5.74, 6) is 0.553. The van der Waals surface area contributed by atoms with E-state index in [1.165, 1.54) is 14.2 Å². The van der Waals surface area contributed by atoms with Crippen molar-refractivity contribution < 1.29 is 28.9 Å². The number of carbonyl (C=O) groups is 2. The van der Waals surface area contributed by atoms with Crippen LogP contribution >= 0.6 is 0 Å². The highest BCUT2D eigenvalue weighted by Gasteiger charge is 2.37. The lowest BCUT2D eigenvalue weighted by Crippen LogP contribution is -2.52. The lowest BCUT2D eigenvalue weighted by molar-refractivity contribution is -0.162. The molecule has 0 spiro atoms. The number of carbonyl (C=O) groups excluding carboxylic acids is 2. The fraction of sp³-hybridized carbons (Fsp3) is 0.259. The van der Waals surface area contributed by atoms with Crippen LogP contribution in [-0.2, 0) is 16.1 Å². The van der Waals surface area contributed by atoms with Crippen molar-refractivity contribution in [2.45, 2.75) is 18.7 Å². The highest BCUT2D eigenvalue weighted by molar-refractivity contribution is 6.04.